The standard InChI is InChI=1S/C19H23N3O4/c1-14-6-3-4-7-16(14)26-12-19(25-2)8-5-9-22(11-19)18(24)15-10-20-13-21-17(15)23/h3-4,6-7,10,13H,5,8-9,11-12H2,1-2H3,(H,20,21,23)/t19-/m0/s1. The first-order chi connectivity index (χ1) is 12.5. The molecule has 1 aliphatic rings. The third kappa shape index (κ3) is 3.77. The highest BCUT2D eigenvalue weighted by atomic mass is 16.5. The predicted molar refractivity (Wildman–Crippen MR) is 96.4 cm³/mol. The number of hydrogen-bond donors (Lipinski definition) is 1. The molecular weight excluding hydrogens is 334 g/mol. The van der Waals surface area contributed by atoms with Gasteiger partial charge in [0.25, 0.3) is 11.5 Å². The quantitative estimate of drug-likeness (QED) is 0.882. The van der Waals surface area contributed by atoms with Gasteiger partial charge in [0.1, 0.15) is 23.5 Å². The highest BCUT2D eigenvalue weighted by molar-refractivity contribution is 5.93. The molecule has 0 bridgehead atoms. The van der Waals surface area contributed by atoms with Crippen molar-refractivity contribution in [2.24, 2.45) is 0 Å². The maximum absolute atomic E-state index is 12.7. The normalized spacial score (nSPS) is 20.0. The first kappa shape index (κ1) is 18.1. The number of amides is 1. The van der Waals surface area contributed by atoms with Gasteiger partial charge in [-0.15, -0.1) is 0 Å². The lowest BCUT2D eigenvalue weighted by atomic mass is 9.93. The maximum Gasteiger partial charge on any atom is 0.263 e. The molecule has 7 nitrogen and oxygen atoms in total. The number of methoxy groups -OCH3 is 1. The largest absolute Gasteiger partial charge is 0.490 e. The van der Waals surface area contributed by atoms with Crippen LogP contribution in [0.1, 0.15) is 28.8 Å². The lowest BCUT2D eigenvalue weighted by Crippen LogP contribution is -2.55. The Labute approximate surface area is 152 Å². The van der Waals surface area contributed by atoms with Crippen LogP contribution in [0.25, 0.3) is 0 Å². The predicted octanol–water partition coefficient (Wildman–Crippen LogP) is 1.78. The van der Waals surface area contributed by atoms with Crippen LogP contribution in [-0.4, -0.2) is 53.2 Å². The number of nitrogens with one attached hydrogen (secondary N) is 1. The van der Waals surface area contributed by atoms with Crippen LogP contribution in [0.4, 0.5) is 0 Å². The van der Waals surface area contributed by atoms with Gasteiger partial charge in [0.05, 0.1) is 12.9 Å². The van der Waals surface area contributed by atoms with Crippen LogP contribution in [0.15, 0.2) is 41.6 Å². The number of likely N-dealkylation sites (tertiary alicyclic amines) is 1. The maximum atomic E-state index is 12.7. The molecule has 1 aromatic heterocycles. The lowest BCUT2D eigenvalue weighted by Gasteiger charge is -2.41. The van der Waals surface area contributed by atoms with Gasteiger partial charge in [-0.2, -0.15) is 0 Å². The molecule has 7 heteroatoms. The number of para-hydroxylation sites is 1. The number of H-pyrrole nitrogens is 1. The van der Waals surface area contributed by atoms with E-state index in [4.69, 9.17) is 9.47 Å². The number of aromatic amines is 1. The number of aromatic nitrogens is 2. The lowest BCUT2D eigenvalue weighted by molar-refractivity contribution is -0.0826. The minimum absolute atomic E-state index is 0.0409. The van der Waals surface area contributed by atoms with Gasteiger partial charge in [-0.1, -0.05) is 18.2 Å². The molecule has 0 unspecified atom stereocenters. The molecule has 0 radical (unpaired) electrons. The number of carbonyl (C=O) groups excluding carboxylic acids is 1. The second-order valence-electron chi connectivity index (χ2n) is 6.57. The van der Waals surface area contributed by atoms with Crippen molar-refractivity contribution in [1.82, 2.24) is 14.9 Å². The Morgan fingerprint density at radius 1 is 1.38 bits per heavy atom. The van der Waals surface area contributed by atoms with E-state index in [9.17, 15) is 9.59 Å². The first-order valence-electron chi connectivity index (χ1n) is 8.60. The number of benzene rings is 1. The number of rotatable bonds is 5. The summed E-state index contributed by atoms with van der Waals surface area (Å²) in [5.41, 5.74) is 0.0453. The Hall–Kier alpha value is -2.67. The zero-order chi connectivity index (χ0) is 18.6. The van der Waals surface area contributed by atoms with E-state index in [0.29, 0.717) is 19.7 Å². The van der Waals surface area contributed by atoms with Crippen molar-refractivity contribution in [3.05, 3.63) is 58.3 Å². The second-order valence-corrected chi connectivity index (χ2v) is 6.57. The van der Waals surface area contributed by atoms with Crippen LogP contribution >= 0.6 is 0 Å². The van der Waals surface area contributed by atoms with Crippen LogP contribution in [0.3, 0.4) is 0 Å². The van der Waals surface area contributed by atoms with Crippen molar-refractivity contribution < 1.29 is 14.3 Å². The number of piperidine rings is 1. The Morgan fingerprint density at radius 2 is 2.19 bits per heavy atom. The van der Waals surface area contributed by atoms with Crippen LogP contribution in [0.5, 0.6) is 5.75 Å². The summed E-state index contributed by atoms with van der Waals surface area (Å²) < 4.78 is 11.8. The zero-order valence-electron chi connectivity index (χ0n) is 15.0. The van der Waals surface area contributed by atoms with Crippen molar-refractivity contribution in [2.45, 2.75) is 25.4 Å². The van der Waals surface area contributed by atoms with Gasteiger partial charge >= 0.3 is 0 Å². The van der Waals surface area contributed by atoms with Crippen molar-refractivity contribution in [3.63, 3.8) is 0 Å². The van der Waals surface area contributed by atoms with Gasteiger partial charge in [0.2, 0.25) is 0 Å². The molecule has 0 spiro atoms. The molecule has 0 saturated carbocycles. The summed E-state index contributed by atoms with van der Waals surface area (Å²) in [7, 11) is 1.63. The molecule has 1 saturated heterocycles. The highest BCUT2D eigenvalue weighted by Crippen LogP contribution is 2.27. The molecule has 1 aliphatic heterocycles. The number of carbonyl (C=O) groups is 1. The van der Waals surface area contributed by atoms with E-state index < -0.39 is 11.2 Å². The highest BCUT2D eigenvalue weighted by Gasteiger charge is 2.39. The van der Waals surface area contributed by atoms with Crippen molar-refractivity contribution in [2.75, 3.05) is 26.8 Å². The van der Waals surface area contributed by atoms with Crippen molar-refractivity contribution in [3.8, 4) is 5.75 Å². The second kappa shape index (κ2) is 7.70. The molecule has 1 N–H and O–H groups in total. The minimum Gasteiger partial charge on any atom is -0.490 e. The van der Waals surface area contributed by atoms with E-state index in [0.717, 1.165) is 24.2 Å². The van der Waals surface area contributed by atoms with Gasteiger partial charge in [0.15, 0.2) is 0 Å². The molecule has 138 valence electrons. The Bertz CT molecular complexity index is 835. The molecular formula is C19H23N3O4. The third-order valence-corrected chi connectivity index (χ3v) is 4.79. The fraction of sp³-hybridized carbons (Fsp3) is 0.421. The molecule has 2 aromatic rings. The van der Waals surface area contributed by atoms with Crippen LogP contribution in [-0.2, 0) is 4.74 Å². The van der Waals surface area contributed by atoms with Gasteiger partial charge in [-0.25, -0.2) is 4.98 Å². The fourth-order valence-electron chi connectivity index (χ4n) is 3.21. The van der Waals surface area contributed by atoms with E-state index in [2.05, 4.69) is 9.97 Å². The topological polar surface area (TPSA) is 84.5 Å². The summed E-state index contributed by atoms with van der Waals surface area (Å²) in [5, 5.41) is 0. The van der Waals surface area contributed by atoms with E-state index in [1.807, 2.05) is 31.2 Å². The van der Waals surface area contributed by atoms with Crippen LogP contribution < -0.4 is 10.3 Å². The SMILES string of the molecule is CO[C@@]1(COc2ccccc2C)CCCN(C(=O)c2cnc[nH]c2=O)C1. The van der Waals surface area contributed by atoms with Crippen LogP contribution in [0.2, 0.25) is 0 Å². The van der Waals surface area contributed by atoms with Crippen LogP contribution in [0, 0.1) is 6.92 Å². The summed E-state index contributed by atoms with van der Waals surface area (Å²) in [6.45, 7) is 3.26. The van der Waals surface area contributed by atoms with E-state index in [-0.39, 0.29) is 11.5 Å². The molecule has 2 heterocycles. The van der Waals surface area contributed by atoms with Gasteiger partial charge in [-0.05, 0) is 31.4 Å². The first-order valence-corrected chi connectivity index (χ1v) is 8.60. The van der Waals surface area contributed by atoms with E-state index in [1.165, 1.54) is 12.5 Å². The smallest absolute Gasteiger partial charge is 0.263 e. The third-order valence-electron chi connectivity index (χ3n) is 4.79. The van der Waals surface area contributed by atoms with Crippen molar-refractivity contribution in [1.29, 1.82) is 0 Å². The summed E-state index contributed by atoms with van der Waals surface area (Å²) in [5.74, 6) is 0.465. The Morgan fingerprint density at radius 3 is 2.92 bits per heavy atom. The number of ether oxygens (including phenoxy) is 2. The Kier molecular flexibility index (Phi) is 5.37. The summed E-state index contributed by atoms with van der Waals surface area (Å²) >= 11 is 0. The molecule has 1 atom stereocenters. The summed E-state index contributed by atoms with van der Waals surface area (Å²) in [6, 6.07) is 7.79. The number of aryl methyl sites for hydroxylation is 1. The van der Waals surface area contributed by atoms with E-state index >= 15 is 0 Å². The van der Waals surface area contributed by atoms with E-state index in [1.54, 1.807) is 12.0 Å². The Balaban J connectivity index is 1.74. The fourth-order valence-corrected chi connectivity index (χ4v) is 3.21. The summed E-state index contributed by atoms with van der Waals surface area (Å²) in [6.07, 6.45) is 4.12. The average Bonchev–Trinajstić information content (AvgIpc) is 2.67. The number of hydrogen-bond acceptors (Lipinski definition) is 5. The molecule has 1 aromatic carbocycles. The van der Waals surface area contributed by atoms with Gasteiger partial charge < -0.3 is 19.4 Å². The summed E-state index contributed by atoms with van der Waals surface area (Å²) in [4.78, 5) is 32.5. The van der Waals surface area contributed by atoms with Crippen molar-refractivity contribution >= 4 is 5.91 Å². The molecule has 1 amide bonds. The number of nitrogens with zero attached hydrogens (tertiary/aromatic N) is 2. The molecule has 1 fully saturated rings. The molecule has 26 heavy (non-hydrogen) atoms. The van der Waals surface area contributed by atoms with Gasteiger partial charge in [0, 0.05) is 19.9 Å². The zero-order valence-corrected chi connectivity index (χ0v) is 15.0. The molecule has 3 rings (SSSR count). The molecule has 0 aliphatic carbocycles. The van der Waals surface area contributed by atoms with Gasteiger partial charge in [-0.3, -0.25) is 9.59 Å². The average molecular weight is 357 g/mol. The minimum atomic E-state index is -0.606. The monoisotopic (exact) mass is 357 g/mol.